The molecule has 0 amide bonds. The molecule has 1 N–H and O–H groups in total. The maximum absolute atomic E-state index is 4.37. The second-order valence-corrected chi connectivity index (χ2v) is 4.46. The van der Waals surface area contributed by atoms with E-state index in [4.69, 9.17) is 0 Å². The highest BCUT2D eigenvalue weighted by Gasteiger charge is 2.19. The van der Waals surface area contributed by atoms with Crippen LogP contribution in [-0.4, -0.2) is 25.6 Å². The summed E-state index contributed by atoms with van der Waals surface area (Å²) in [5.74, 6) is 0.722. The first-order chi connectivity index (χ1) is 8.33. The van der Waals surface area contributed by atoms with Gasteiger partial charge in [0.1, 0.15) is 5.69 Å². The lowest BCUT2D eigenvalue weighted by atomic mass is 10.3. The SMILES string of the molecule is Cn1cncc1-c1ncc(CNC2CC2)cn1. The highest BCUT2D eigenvalue weighted by atomic mass is 15.1. The van der Waals surface area contributed by atoms with E-state index in [0.717, 1.165) is 23.6 Å². The molecule has 0 aromatic carbocycles. The molecular weight excluding hydrogens is 214 g/mol. The number of aryl methyl sites for hydroxylation is 1. The minimum atomic E-state index is 0.715. The summed E-state index contributed by atoms with van der Waals surface area (Å²) >= 11 is 0. The predicted molar refractivity (Wildman–Crippen MR) is 64.1 cm³/mol. The molecule has 2 aromatic heterocycles. The normalized spacial score (nSPS) is 15.1. The van der Waals surface area contributed by atoms with E-state index < -0.39 is 0 Å². The van der Waals surface area contributed by atoms with Gasteiger partial charge in [-0.1, -0.05) is 0 Å². The number of hydrogen-bond acceptors (Lipinski definition) is 4. The maximum atomic E-state index is 4.37. The molecule has 1 saturated carbocycles. The average Bonchev–Trinajstić information content (AvgIpc) is 3.09. The average molecular weight is 229 g/mol. The van der Waals surface area contributed by atoms with Crippen LogP contribution < -0.4 is 5.32 Å². The van der Waals surface area contributed by atoms with Crippen LogP contribution in [-0.2, 0) is 13.6 Å². The van der Waals surface area contributed by atoms with Crippen molar-refractivity contribution in [3.05, 3.63) is 30.5 Å². The first-order valence-electron chi connectivity index (χ1n) is 5.84. The van der Waals surface area contributed by atoms with E-state index >= 15 is 0 Å². The van der Waals surface area contributed by atoms with E-state index in [1.54, 1.807) is 12.5 Å². The minimum absolute atomic E-state index is 0.715. The van der Waals surface area contributed by atoms with Crippen LogP contribution in [0.4, 0.5) is 0 Å². The highest BCUT2D eigenvalue weighted by Crippen LogP contribution is 2.19. The Kier molecular flexibility index (Phi) is 2.60. The van der Waals surface area contributed by atoms with Crippen molar-refractivity contribution < 1.29 is 0 Å². The lowest BCUT2D eigenvalue weighted by Crippen LogP contribution is -2.15. The van der Waals surface area contributed by atoms with Gasteiger partial charge in [0.15, 0.2) is 5.82 Å². The largest absolute Gasteiger partial charge is 0.331 e. The second kappa shape index (κ2) is 4.25. The Balaban J connectivity index is 1.72. The number of imidazole rings is 1. The summed E-state index contributed by atoms with van der Waals surface area (Å²) in [4.78, 5) is 12.8. The van der Waals surface area contributed by atoms with E-state index in [2.05, 4.69) is 20.3 Å². The zero-order chi connectivity index (χ0) is 11.7. The van der Waals surface area contributed by atoms with Gasteiger partial charge in [0.25, 0.3) is 0 Å². The monoisotopic (exact) mass is 229 g/mol. The molecule has 0 unspecified atom stereocenters. The first kappa shape index (κ1) is 10.4. The van der Waals surface area contributed by atoms with Crippen LogP contribution in [0.5, 0.6) is 0 Å². The van der Waals surface area contributed by atoms with Crippen LogP contribution in [0.1, 0.15) is 18.4 Å². The molecule has 2 heterocycles. The van der Waals surface area contributed by atoms with E-state index in [0.29, 0.717) is 6.04 Å². The molecule has 3 rings (SSSR count). The highest BCUT2D eigenvalue weighted by molar-refractivity contribution is 5.47. The molecule has 5 heteroatoms. The van der Waals surface area contributed by atoms with Gasteiger partial charge in [-0.15, -0.1) is 0 Å². The summed E-state index contributed by atoms with van der Waals surface area (Å²) in [5, 5.41) is 3.44. The van der Waals surface area contributed by atoms with Crippen molar-refractivity contribution in [1.29, 1.82) is 0 Å². The summed E-state index contributed by atoms with van der Waals surface area (Å²) in [5.41, 5.74) is 2.06. The first-order valence-corrected chi connectivity index (χ1v) is 5.84. The molecule has 0 radical (unpaired) electrons. The third-order valence-electron chi connectivity index (χ3n) is 2.92. The van der Waals surface area contributed by atoms with Crippen molar-refractivity contribution in [2.75, 3.05) is 0 Å². The van der Waals surface area contributed by atoms with E-state index in [-0.39, 0.29) is 0 Å². The predicted octanol–water partition coefficient (Wildman–Crippen LogP) is 1.13. The third kappa shape index (κ3) is 2.34. The molecule has 0 aliphatic heterocycles. The summed E-state index contributed by atoms with van der Waals surface area (Å²) in [6.07, 6.45) is 9.88. The standard InChI is InChI=1S/C12H15N5/c1-17-8-13-7-11(17)12-15-5-9(6-16-12)4-14-10-2-3-10/h5-8,10,14H,2-4H2,1H3. The van der Waals surface area contributed by atoms with Gasteiger partial charge in [-0.2, -0.15) is 0 Å². The van der Waals surface area contributed by atoms with Gasteiger partial charge in [0, 0.05) is 37.6 Å². The molecule has 0 atom stereocenters. The van der Waals surface area contributed by atoms with Crippen molar-refractivity contribution in [3.63, 3.8) is 0 Å². The van der Waals surface area contributed by atoms with Crippen LogP contribution in [0.3, 0.4) is 0 Å². The number of nitrogens with one attached hydrogen (secondary N) is 1. The molecule has 1 aliphatic rings. The van der Waals surface area contributed by atoms with Crippen LogP contribution in [0.15, 0.2) is 24.9 Å². The lowest BCUT2D eigenvalue weighted by Gasteiger charge is -2.04. The van der Waals surface area contributed by atoms with Crippen LogP contribution in [0, 0.1) is 0 Å². The molecule has 1 aliphatic carbocycles. The molecule has 5 nitrogen and oxygen atoms in total. The Hall–Kier alpha value is -1.75. The fourth-order valence-corrected chi connectivity index (χ4v) is 1.70. The Morgan fingerprint density at radius 2 is 2.06 bits per heavy atom. The summed E-state index contributed by atoms with van der Waals surface area (Å²) in [7, 11) is 1.94. The topological polar surface area (TPSA) is 55.6 Å². The lowest BCUT2D eigenvalue weighted by molar-refractivity contribution is 0.683. The van der Waals surface area contributed by atoms with Gasteiger partial charge in [0.2, 0.25) is 0 Å². The Morgan fingerprint density at radius 1 is 1.29 bits per heavy atom. The van der Waals surface area contributed by atoms with Crippen LogP contribution >= 0.6 is 0 Å². The molecule has 2 aromatic rings. The molecule has 17 heavy (non-hydrogen) atoms. The second-order valence-electron chi connectivity index (χ2n) is 4.46. The molecule has 0 saturated heterocycles. The Bertz CT molecular complexity index is 498. The van der Waals surface area contributed by atoms with Gasteiger partial charge in [0.05, 0.1) is 12.5 Å². The number of nitrogens with zero attached hydrogens (tertiary/aromatic N) is 4. The third-order valence-corrected chi connectivity index (χ3v) is 2.92. The van der Waals surface area contributed by atoms with Gasteiger partial charge in [-0.3, -0.25) is 0 Å². The van der Waals surface area contributed by atoms with Crippen molar-refractivity contribution in [1.82, 2.24) is 24.8 Å². The number of hydrogen-bond donors (Lipinski definition) is 1. The number of rotatable bonds is 4. The van der Waals surface area contributed by atoms with Crippen LogP contribution in [0.25, 0.3) is 11.5 Å². The van der Waals surface area contributed by atoms with Crippen molar-refractivity contribution in [2.24, 2.45) is 7.05 Å². The summed E-state index contributed by atoms with van der Waals surface area (Å²) in [6, 6.07) is 0.715. The van der Waals surface area contributed by atoms with E-state index in [1.165, 1.54) is 12.8 Å². The van der Waals surface area contributed by atoms with E-state index in [9.17, 15) is 0 Å². The number of aromatic nitrogens is 4. The molecule has 0 bridgehead atoms. The fourth-order valence-electron chi connectivity index (χ4n) is 1.70. The minimum Gasteiger partial charge on any atom is -0.331 e. The Labute approximate surface area is 99.9 Å². The fraction of sp³-hybridized carbons (Fsp3) is 0.417. The molecule has 88 valence electrons. The van der Waals surface area contributed by atoms with Gasteiger partial charge in [-0.05, 0) is 12.8 Å². The van der Waals surface area contributed by atoms with Crippen LogP contribution in [0.2, 0.25) is 0 Å². The Morgan fingerprint density at radius 3 is 2.65 bits per heavy atom. The smallest absolute Gasteiger partial charge is 0.177 e. The molecule has 1 fully saturated rings. The quantitative estimate of drug-likeness (QED) is 0.854. The van der Waals surface area contributed by atoms with Gasteiger partial charge >= 0.3 is 0 Å². The zero-order valence-corrected chi connectivity index (χ0v) is 9.80. The van der Waals surface area contributed by atoms with Crippen molar-refractivity contribution >= 4 is 0 Å². The van der Waals surface area contributed by atoms with Crippen molar-refractivity contribution in [3.8, 4) is 11.5 Å². The zero-order valence-electron chi connectivity index (χ0n) is 9.80. The van der Waals surface area contributed by atoms with Gasteiger partial charge < -0.3 is 9.88 Å². The molecular formula is C12H15N5. The van der Waals surface area contributed by atoms with Gasteiger partial charge in [-0.25, -0.2) is 15.0 Å². The molecule has 0 spiro atoms. The maximum Gasteiger partial charge on any atom is 0.177 e. The summed E-state index contributed by atoms with van der Waals surface area (Å²) in [6.45, 7) is 0.857. The van der Waals surface area contributed by atoms with E-state index in [1.807, 2.05) is 24.0 Å². The van der Waals surface area contributed by atoms with Crippen molar-refractivity contribution in [2.45, 2.75) is 25.4 Å². The summed E-state index contributed by atoms with van der Waals surface area (Å²) < 4.78 is 1.91.